The first-order valence-corrected chi connectivity index (χ1v) is 39.3. The highest BCUT2D eigenvalue weighted by Gasteiger charge is 2.36. The van der Waals surface area contributed by atoms with E-state index in [2.05, 4.69) is 216 Å². The number of hydrogen-bond donors (Lipinski definition) is 10. The summed E-state index contributed by atoms with van der Waals surface area (Å²) in [4.78, 5) is 95.4. The summed E-state index contributed by atoms with van der Waals surface area (Å²) in [5.41, 5.74) is 29.8. The van der Waals surface area contributed by atoms with Crippen LogP contribution in [0.3, 0.4) is 0 Å². The minimum atomic E-state index is -0.628. The summed E-state index contributed by atoms with van der Waals surface area (Å²) in [7, 11) is 6.57. The van der Waals surface area contributed by atoms with Gasteiger partial charge in [-0.3, -0.25) is 43.7 Å². The molecule has 26 nitrogen and oxygen atoms in total. The fourth-order valence-corrected chi connectivity index (χ4v) is 17.1. The Balaban J connectivity index is 0.000000130. The van der Waals surface area contributed by atoms with Crippen LogP contribution >= 0.6 is 0 Å². The molecule has 592 valence electrons. The van der Waals surface area contributed by atoms with E-state index in [-0.39, 0.29) is 47.9 Å². The number of H-pyrrole nitrogens is 2. The zero-order valence-corrected chi connectivity index (χ0v) is 68.2. The van der Waals surface area contributed by atoms with Gasteiger partial charge in [0.05, 0.1) is 91.4 Å². The molecule has 0 saturated carbocycles. The molecular weight excluding hydrogens is 1410 g/mol. The van der Waals surface area contributed by atoms with E-state index >= 15 is 0 Å². The third-order valence-corrected chi connectivity index (χ3v) is 24.7. The normalized spacial score (nSPS) is 21.6. The number of likely N-dealkylation sites (N-methyl/N-ethyl adjacent to an activating group) is 2. The molecule has 0 radical (unpaired) electrons. The number of aryl methyl sites for hydroxylation is 5. The number of rotatable bonds is 10. The zero-order valence-electron chi connectivity index (χ0n) is 68.2. The number of likely N-dealkylation sites (tertiary alicyclic amines) is 4. The lowest BCUT2D eigenvalue weighted by Crippen LogP contribution is -2.32. The van der Waals surface area contributed by atoms with Crippen molar-refractivity contribution >= 4 is 91.6 Å². The highest BCUT2D eigenvalue weighted by Crippen LogP contribution is 2.45. The fourth-order valence-electron chi connectivity index (χ4n) is 17.1. The van der Waals surface area contributed by atoms with Crippen LogP contribution in [-0.4, -0.2) is 155 Å². The maximum absolute atomic E-state index is 11.9. The van der Waals surface area contributed by atoms with E-state index in [4.69, 9.17) is 9.98 Å². The molecule has 10 aliphatic heterocycles. The fraction of sp³-hybridized carbons (Fsp3) is 0.465. The molecule has 10 aliphatic rings. The maximum atomic E-state index is 11.9. The molecule has 11 heterocycles. The summed E-state index contributed by atoms with van der Waals surface area (Å²) in [6.07, 6.45) is 11.9. The van der Waals surface area contributed by atoms with Crippen molar-refractivity contribution < 1.29 is 19.2 Å². The van der Waals surface area contributed by atoms with Gasteiger partial charge in [-0.05, 0) is 338 Å². The molecule has 10 N–H and O–H groups in total. The molecule has 4 saturated heterocycles. The van der Waals surface area contributed by atoms with Crippen molar-refractivity contribution in [3.8, 4) is 0 Å². The first-order valence-electron chi connectivity index (χ1n) is 39.3. The van der Waals surface area contributed by atoms with Gasteiger partial charge in [-0.15, -0.1) is 10.2 Å². The van der Waals surface area contributed by atoms with Gasteiger partial charge in [0.2, 0.25) is 0 Å². The minimum absolute atomic E-state index is 0.0403. The van der Waals surface area contributed by atoms with Crippen LogP contribution in [0.4, 0.5) is 45.5 Å². The number of aromatic amines is 2. The number of amides is 4. The number of anilines is 8. The number of fused-ring (bicyclic) bond motifs is 5. The second-order valence-electron chi connectivity index (χ2n) is 32.1. The predicted octanol–water partition coefficient (Wildman–Crippen LogP) is 14.2. The number of piperidine rings is 1. The van der Waals surface area contributed by atoms with Crippen LogP contribution in [0.25, 0.3) is 11.0 Å². The number of nitrogens with one attached hydrogen (secondary N) is 10. The van der Waals surface area contributed by atoms with Gasteiger partial charge < -0.3 is 67.2 Å². The molecule has 5 unspecified atom stereocenters. The first kappa shape index (κ1) is 81.0. The maximum Gasteiger partial charge on any atom is 0.314 e. The van der Waals surface area contributed by atoms with Crippen molar-refractivity contribution in [1.29, 1.82) is 0 Å². The summed E-state index contributed by atoms with van der Waals surface area (Å²) in [5, 5.41) is 39.7. The third-order valence-electron chi connectivity index (χ3n) is 24.7. The zero-order chi connectivity index (χ0) is 80.6. The third kappa shape index (κ3) is 17.2. The monoisotopic (exact) mass is 1520 g/mol. The Hall–Kier alpha value is -10.5. The average Bonchev–Trinajstić information content (AvgIpc) is 1.73. The Morgan fingerprint density at radius 3 is 1.29 bits per heavy atom. The van der Waals surface area contributed by atoms with E-state index in [1.54, 1.807) is 0 Å². The predicted molar refractivity (Wildman–Crippen MR) is 452 cm³/mol. The van der Waals surface area contributed by atoms with Gasteiger partial charge >= 0.3 is 11.1 Å². The number of nitrogens with zero attached hydrogens (tertiary/aromatic N) is 10. The lowest BCUT2D eigenvalue weighted by molar-refractivity contribution is -0.113. The summed E-state index contributed by atoms with van der Waals surface area (Å²) < 4.78 is 0. The van der Waals surface area contributed by atoms with E-state index in [0.29, 0.717) is 58.4 Å². The molecule has 26 heteroatoms. The van der Waals surface area contributed by atoms with Crippen molar-refractivity contribution in [2.45, 2.75) is 203 Å². The molecule has 16 rings (SSSR count). The minimum Gasteiger partial charge on any atom is -0.350 e. The number of aliphatic imine (C=N–C) groups is 2. The quantitative estimate of drug-likeness (QED) is 0.0450. The summed E-state index contributed by atoms with van der Waals surface area (Å²) in [6, 6.07) is 11.6. The lowest BCUT2D eigenvalue weighted by atomic mass is 9.83. The van der Waals surface area contributed by atoms with Gasteiger partial charge in [0.1, 0.15) is 0 Å². The smallest absolute Gasteiger partial charge is 0.314 e. The summed E-state index contributed by atoms with van der Waals surface area (Å²) >= 11 is 0. The van der Waals surface area contributed by atoms with Crippen molar-refractivity contribution in [3.63, 3.8) is 0 Å². The number of carbonyl (C=O) groups is 4. The largest absolute Gasteiger partial charge is 0.350 e. The van der Waals surface area contributed by atoms with Crippen molar-refractivity contribution in [2.75, 3.05) is 103 Å². The molecule has 4 amide bonds. The van der Waals surface area contributed by atoms with E-state index in [1.807, 2.05) is 45.0 Å². The molecular formula is C86H112N20O6. The van der Waals surface area contributed by atoms with Crippen LogP contribution in [0.15, 0.2) is 120 Å². The molecule has 0 bridgehead atoms. The van der Waals surface area contributed by atoms with Gasteiger partial charge in [0.15, 0.2) is 6.17 Å². The van der Waals surface area contributed by atoms with Crippen molar-refractivity contribution in [2.24, 2.45) is 30.7 Å². The molecule has 1 aromatic heterocycles. The highest BCUT2D eigenvalue weighted by atomic mass is 16.2. The number of benzene rings is 5. The molecule has 112 heavy (non-hydrogen) atoms. The highest BCUT2D eigenvalue weighted by molar-refractivity contribution is 6.14. The van der Waals surface area contributed by atoms with Crippen LogP contribution < -0.4 is 53.7 Å². The van der Waals surface area contributed by atoms with Crippen molar-refractivity contribution in [1.82, 2.24) is 29.6 Å². The SMILES string of the molecule is C=C1Nc2c(cc(C)c(C)c2C2CCN(C)CC2)NC1=O.C=C1Nc2c(cc(C)c(C)c2CC2CCCN2C)NC1=O.C=C1Nc2c(cc(C)c(C)c2CC2CCCN2C)NC1=O.C=C1Nc2c(cc(C)c(C)c2CC2N=C(C)C(C)N=C2C)NC1=O.Cc1cc2[nH]c(=O)c(=O)[nH]c2c(C2CCCN2CC2N=NN=N2)c1C. The molecule has 6 aromatic rings. The van der Waals surface area contributed by atoms with Gasteiger partial charge in [0, 0.05) is 42.5 Å². The lowest BCUT2D eigenvalue weighted by Gasteiger charge is -2.34. The van der Waals surface area contributed by atoms with Crippen LogP contribution in [0.1, 0.15) is 168 Å². The molecule has 0 spiro atoms. The molecule has 4 fully saturated rings. The summed E-state index contributed by atoms with van der Waals surface area (Å²) in [6.45, 7) is 48.6. The second kappa shape index (κ2) is 33.8. The van der Waals surface area contributed by atoms with Crippen LogP contribution in [0.5, 0.6) is 0 Å². The van der Waals surface area contributed by atoms with Crippen LogP contribution in [0, 0.1) is 69.2 Å². The van der Waals surface area contributed by atoms with Gasteiger partial charge in [-0.25, -0.2) is 0 Å². The topological polar surface area (TPSA) is 317 Å². The van der Waals surface area contributed by atoms with Crippen molar-refractivity contribution in [3.05, 3.63) is 184 Å². The Bertz CT molecular complexity index is 4990. The number of hydrogen-bond acceptors (Lipinski definition) is 20. The number of carbonyl (C=O) groups excluding carboxylic acids is 4. The van der Waals surface area contributed by atoms with E-state index < -0.39 is 11.1 Å². The Kier molecular flexibility index (Phi) is 24.4. The Morgan fingerprint density at radius 1 is 0.429 bits per heavy atom. The second-order valence-corrected chi connectivity index (χ2v) is 32.1. The van der Waals surface area contributed by atoms with Crippen LogP contribution in [0.2, 0.25) is 0 Å². The van der Waals surface area contributed by atoms with E-state index in [9.17, 15) is 28.8 Å². The molecule has 5 aromatic carbocycles. The Morgan fingerprint density at radius 2 is 0.830 bits per heavy atom. The van der Waals surface area contributed by atoms with Gasteiger partial charge in [0.25, 0.3) is 23.6 Å². The van der Waals surface area contributed by atoms with Gasteiger partial charge in [-0.2, -0.15) is 0 Å². The van der Waals surface area contributed by atoms with Crippen LogP contribution in [-0.2, 0) is 38.4 Å². The standard InChI is InChI=1S/C19H24N4O.3C17H23N3O.C16H19N7O2/c1-9-7-17-18(22-14(6)19(24)23-17)15(10(9)2)8-16-13(5)20-11(3)12(4)21-16;1-10-9-14-16(18-12(3)17(21)19-14)15(11(10)2)13-5-7-20(4)8-6-13;2*1-10-8-15-16(18-12(3)17(21)19-15)14(11(10)2)9-13-6-5-7-20(13)4;1-8-6-10-14(18-16(25)15(24)17-10)13(9(8)2)11-4-3-5-23(11)7-12-19-21-22-20-12/h7,11,16,22H,6,8H2,1-5H3,(H,23,24);9,13,18H,3,5-8H2,1-2,4H3,(H,19,21);2*8,13,18H,3,5-7,9H2,1-2,4H3,(H,19,21);6,11-12H,3-5,7H2,1-2H3,(H,17,24)(H,18,25). The van der Waals surface area contributed by atoms with E-state index in [1.165, 1.54) is 94.4 Å². The Labute approximate surface area is 657 Å². The van der Waals surface area contributed by atoms with E-state index in [0.717, 1.165) is 149 Å². The average molecular weight is 1520 g/mol. The van der Waals surface area contributed by atoms with Gasteiger partial charge in [-0.1, -0.05) is 26.3 Å². The molecule has 0 aliphatic carbocycles. The summed E-state index contributed by atoms with van der Waals surface area (Å²) in [5.74, 6) is -0.0654. The number of aromatic nitrogens is 2. The first-order chi connectivity index (χ1) is 53.2. The molecule has 5 atom stereocenters.